The fourth-order valence-corrected chi connectivity index (χ4v) is 3.91. The zero-order valence-corrected chi connectivity index (χ0v) is 19.9. The fourth-order valence-electron chi connectivity index (χ4n) is 3.91. The number of hydrogen-bond donors (Lipinski definition) is 0. The van der Waals surface area contributed by atoms with Gasteiger partial charge in [0.1, 0.15) is 17.0 Å². The van der Waals surface area contributed by atoms with E-state index in [2.05, 4.69) is 14.7 Å². The van der Waals surface area contributed by atoms with Crippen molar-refractivity contribution in [2.24, 2.45) is 0 Å². The second-order valence-electron chi connectivity index (χ2n) is 7.95. The number of benzene rings is 4. The smallest absolute Gasteiger partial charge is 0.248 e. The average Bonchev–Trinajstić information content (AvgIpc) is 3.37. The fraction of sp³-hybridized carbons (Fsp3) is 0.0667. The van der Waals surface area contributed by atoms with Gasteiger partial charge in [-0.3, -0.25) is 0 Å². The third kappa shape index (κ3) is 4.63. The Bertz CT molecular complexity index is 1460. The Morgan fingerprint density at radius 1 is 0.778 bits per heavy atom. The Morgan fingerprint density at radius 3 is 1.81 bits per heavy atom. The summed E-state index contributed by atoms with van der Waals surface area (Å²) in [5, 5.41) is 0. The highest BCUT2D eigenvalue weighted by molar-refractivity contribution is 5.86. The Labute approximate surface area is 209 Å². The van der Waals surface area contributed by atoms with Crippen LogP contribution in [-0.4, -0.2) is 19.2 Å². The van der Waals surface area contributed by atoms with Gasteiger partial charge in [-0.1, -0.05) is 24.3 Å². The maximum Gasteiger partial charge on any atom is 0.248 e. The zero-order valence-electron chi connectivity index (χ0n) is 19.9. The molecule has 0 radical (unpaired) electrons. The lowest BCUT2D eigenvalue weighted by atomic mass is 10.1. The molecule has 5 aromatic rings. The molecule has 0 aliphatic rings. The monoisotopic (exact) mass is 473 g/mol. The van der Waals surface area contributed by atoms with Crippen molar-refractivity contribution in [3.8, 4) is 11.5 Å². The zero-order chi connectivity index (χ0) is 24.9. The predicted molar refractivity (Wildman–Crippen MR) is 143 cm³/mol. The standard InChI is InChI=1S/C30H23N3O3/c1-31-28(30-32-27-6-4-5-7-29(27)36-30)20-21-8-10-22(11-9-21)33(23-12-16-25(34-2)17-13-23)24-14-18-26(35-3)19-15-24/h4-20H,2-3H3. The van der Waals surface area contributed by atoms with Crippen LogP contribution in [0, 0.1) is 6.57 Å². The molecule has 0 bridgehead atoms. The van der Waals surface area contributed by atoms with Crippen molar-refractivity contribution in [1.82, 2.24) is 4.98 Å². The number of hydrogen-bond acceptors (Lipinski definition) is 5. The van der Waals surface area contributed by atoms with E-state index in [1.54, 1.807) is 20.3 Å². The van der Waals surface area contributed by atoms with Gasteiger partial charge in [-0.05, 0) is 84.4 Å². The number of para-hydroxylation sites is 2. The summed E-state index contributed by atoms with van der Waals surface area (Å²) >= 11 is 0. The molecule has 176 valence electrons. The summed E-state index contributed by atoms with van der Waals surface area (Å²) in [5.74, 6) is 1.90. The van der Waals surface area contributed by atoms with Gasteiger partial charge in [-0.2, -0.15) is 0 Å². The molecule has 0 spiro atoms. The van der Waals surface area contributed by atoms with Crippen LogP contribution in [0.1, 0.15) is 11.5 Å². The largest absolute Gasteiger partial charge is 0.497 e. The van der Waals surface area contributed by atoms with E-state index < -0.39 is 0 Å². The van der Waals surface area contributed by atoms with E-state index >= 15 is 0 Å². The number of rotatable bonds is 7. The van der Waals surface area contributed by atoms with Gasteiger partial charge in [0.15, 0.2) is 5.58 Å². The van der Waals surface area contributed by atoms with Gasteiger partial charge >= 0.3 is 0 Å². The van der Waals surface area contributed by atoms with Crippen molar-refractivity contribution in [1.29, 1.82) is 0 Å². The van der Waals surface area contributed by atoms with Gasteiger partial charge in [0, 0.05) is 17.1 Å². The summed E-state index contributed by atoms with van der Waals surface area (Å²) in [4.78, 5) is 10.3. The summed E-state index contributed by atoms with van der Waals surface area (Å²) < 4.78 is 16.4. The lowest BCUT2D eigenvalue weighted by molar-refractivity contribution is 0.415. The molecule has 5 rings (SSSR count). The molecular weight excluding hydrogens is 450 g/mol. The van der Waals surface area contributed by atoms with Crippen LogP contribution < -0.4 is 14.4 Å². The van der Waals surface area contributed by atoms with Crippen molar-refractivity contribution in [3.63, 3.8) is 0 Å². The summed E-state index contributed by atoms with van der Waals surface area (Å²) in [6.45, 7) is 7.65. The van der Waals surface area contributed by atoms with E-state index in [9.17, 15) is 0 Å². The van der Waals surface area contributed by atoms with Crippen LogP contribution in [0.15, 0.2) is 101 Å². The van der Waals surface area contributed by atoms with E-state index in [0.717, 1.165) is 39.6 Å². The van der Waals surface area contributed by atoms with E-state index in [1.165, 1.54) is 0 Å². The average molecular weight is 474 g/mol. The van der Waals surface area contributed by atoms with Crippen molar-refractivity contribution in [2.75, 3.05) is 19.1 Å². The first-order valence-corrected chi connectivity index (χ1v) is 11.3. The molecule has 6 heteroatoms. The van der Waals surface area contributed by atoms with Gasteiger partial charge < -0.3 is 18.8 Å². The summed E-state index contributed by atoms with van der Waals surface area (Å²) in [7, 11) is 3.31. The quantitative estimate of drug-likeness (QED) is 0.226. The Hall–Kier alpha value is -5.02. The van der Waals surface area contributed by atoms with E-state index in [4.69, 9.17) is 20.5 Å². The molecule has 1 heterocycles. The van der Waals surface area contributed by atoms with Gasteiger partial charge in [-0.15, -0.1) is 0 Å². The SMILES string of the molecule is [C-]#[N+]C(=Cc1ccc(N(c2ccc(OC)cc2)c2ccc(OC)cc2)cc1)c1nc2ccccc2o1. The second kappa shape index (κ2) is 10.1. The Kier molecular flexibility index (Phi) is 6.37. The predicted octanol–water partition coefficient (Wildman–Crippen LogP) is 7.73. The van der Waals surface area contributed by atoms with E-state index in [0.29, 0.717) is 17.2 Å². The number of methoxy groups -OCH3 is 2. The molecule has 0 atom stereocenters. The molecule has 0 amide bonds. The van der Waals surface area contributed by atoms with Gasteiger partial charge in [-0.25, -0.2) is 9.83 Å². The minimum absolute atomic E-state index is 0.313. The van der Waals surface area contributed by atoms with Crippen molar-refractivity contribution >= 4 is 39.9 Å². The highest BCUT2D eigenvalue weighted by atomic mass is 16.5. The van der Waals surface area contributed by atoms with Crippen LogP contribution in [0.3, 0.4) is 0 Å². The topological polar surface area (TPSA) is 52.1 Å². The lowest BCUT2D eigenvalue weighted by Gasteiger charge is -2.26. The van der Waals surface area contributed by atoms with Crippen LogP contribution in [-0.2, 0) is 0 Å². The summed E-state index contributed by atoms with van der Waals surface area (Å²) in [6, 6.07) is 31.3. The van der Waals surface area contributed by atoms with Gasteiger partial charge in [0.05, 0.1) is 20.8 Å². The normalized spacial score (nSPS) is 11.2. The Morgan fingerprint density at radius 2 is 1.31 bits per heavy atom. The molecule has 1 aromatic heterocycles. The number of nitrogens with zero attached hydrogens (tertiary/aromatic N) is 3. The third-order valence-corrected chi connectivity index (χ3v) is 5.75. The van der Waals surface area contributed by atoms with Crippen molar-refractivity contribution < 1.29 is 13.9 Å². The molecule has 0 fully saturated rings. The first kappa shape index (κ1) is 22.8. The first-order valence-electron chi connectivity index (χ1n) is 11.3. The van der Waals surface area contributed by atoms with Crippen molar-refractivity contribution in [3.05, 3.63) is 120 Å². The molecule has 0 aliphatic heterocycles. The molecular formula is C30H23N3O3. The van der Waals surface area contributed by atoms with E-state index in [1.807, 2.05) is 97.1 Å². The second-order valence-corrected chi connectivity index (χ2v) is 7.95. The number of aromatic nitrogens is 1. The highest BCUT2D eigenvalue weighted by Crippen LogP contribution is 2.36. The molecule has 4 aromatic carbocycles. The molecule has 0 saturated carbocycles. The minimum Gasteiger partial charge on any atom is -0.497 e. The summed E-state index contributed by atoms with van der Waals surface area (Å²) in [5.41, 5.74) is 5.54. The highest BCUT2D eigenvalue weighted by Gasteiger charge is 2.14. The number of anilines is 3. The number of ether oxygens (including phenoxy) is 2. The van der Waals surface area contributed by atoms with Crippen molar-refractivity contribution in [2.45, 2.75) is 0 Å². The van der Waals surface area contributed by atoms with Crippen LogP contribution in [0.2, 0.25) is 0 Å². The van der Waals surface area contributed by atoms with Crippen LogP contribution >= 0.6 is 0 Å². The molecule has 0 unspecified atom stereocenters. The van der Waals surface area contributed by atoms with Gasteiger partial charge in [0.25, 0.3) is 0 Å². The maximum absolute atomic E-state index is 7.65. The van der Waals surface area contributed by atoms with Gasteiger partial charge in [0.2, 0.25) is 11.6 Å². The molecule has 6 nitrogen and oxygen atoms in total. The lowest BCUT2D eigenvalue weighted by Crippen LogP contribution is -2.09. The minimum atomic E-state index is 0.313. The third-order valence-electron chi connectivity index (χ3n) is 5.75. The first-order chi connectivity index (χ1) is 17.7. The number of oxazole rings is 1. The Balaban J connectivity index is 1.50. The molecule has 36 heavy (non-hydrogen) atoms. The van der Waals surface area contributed by atoms with Crippen LogP contribution in [0.5, 0.6) is 11.5 Å². The van der Waals surface area contributed by atoms with E-state index in [-0.39, 0.29) is 0 Å². The molecule has 0 aliphatic carbocycles. The van der Waals surface area contributed by atoms with Crippen LogP contribution in [0.25, 0.3) is 27.7 Å². The van der Waals surface area contributed by atoms with Crippen LogP contribution in [0.4, 0.5) is 17.1 Å². The molecule has 0 N–H and O–H groups in total. The maximum atomic E-state index is 7.65. The molecule has 0 saturated heterocycles. The number of fused-ring (bicyclic) bond motifs is 1. The summed E-state index contributed by atoms with van der Waals surface area (Å²) in [6.07, 6.45) is 1.78.